The van der Waals surface area contributed by atoms with Crippen LogP contribution in [-0.2, 0) is 0 Å². The fraction of sp³-hybridized carbons (Fsp3) is 1.00. The summed E-state index contributed by atoms with van der Waals surface area (Å²) in [7, 11) is 0. The molecule has 18 heavy (non-hydrogen) atoms. The second kappa shape index (κ2) is 8.89. The third-order valence-corrected chi connectivity index (χ3v) is 3.61. The molecule has 0 aromatic carbocycles. The summed E-state index contributed by atoms with van der Waals surface area (Å²) in [5.74, 6) is 0.702. The SMILES string of the molecule is CCC(CC)N(CCCC(C)(N)CO)CC(C)C. The minimum atomic E-state index is -0.419. The van der Waals surface area contributed by atoms with Gasteiger partial charge in [0.2, 0.25) is 0 Å². The van der Waals surface area contributed by atoms with Crippen molar-refractivity contribution in [3.05, 3.63) is 0 Å². The molecule has 0 saturated heterocycles. The summed E-state index contributed by atoms with van der Waals surface area (Å²) >= 11 is 0. The van der Waals surface area contributed by atoms with Gasteiger partial charge in [-0.3, -0.25) is 0 Å². The van der Waals surface area contributed by atoms with E-state index in [-0.39, 0.29) is 6.61 Å². The smallest absolute Gasteiger partial charge is 0.0608 e. The first kappa shape index (κ1) is 17.9. The van der Waals surface area contributed by atoms with Crippen LogP contribution in [0.25, 0.3) is 0 Å². The molecule has 0 aromatic heterocycles. The molecule has 3 N–H and O–H groups in total. The zero-order chi connectivity index (χ0) is 14.2. The van der Waals surface area contributed by atoms with E-state index in [2.05, 4.69) is 32.6 Å². The van der Waals surface area contributed by atoms with Crippen molar-refractivity contribution in [1.82, 2.24) is 4.90 Å². The number of aliphatic hydroxyl groups excluding tert-OH is 1. The van der Waals surface area contributed by atoms with Gasteiger partial charge < -0.3 is 15.7 Å². The van der Waals surface area contributed by atoms with Gasteiger partial charge in [0.15, 0.2) is 0 Å². The molecule has 1 unspecified atom stereocenters. The molecule has 0 fully saturated rings. The maximum atomic E-state index is 9.17. The third-order valence-electron chi connectivity index (χ3n) is 3.61. The first-order valence-corrected chi connectivity index (χ1v) is 7.50. The van der Waals surface area contributed by atoms with Crippen LogP contribution in [0.15, 0.2) is 0 Å². The molecule has 0 saturated carbocycles. The van der Waals surface area contributed by atoms with E-state index in [1.165, 1.54) is 12.8 Å². The summed E-state index contributed by atoms with van der Waals surface area (Å²) in [6.07, 6.45) is 4.38. The summed E-state index contributed by atoms with van der Waals surface area (Å²) in [6, 6.07) is 0.686. The molecule has 3 nitrogen and oxygen atoms in total. The van der Waals surface area contributed by atoms with Gasteiger partial charge in [0, 0.05) is 18.1 Å². The minimum absolute atomic E-state index is 0.0716. The Morgan fingerprint density at radius 1 is 1.22 bits per heavy atom. The Morgan fingerprint density at radius 2 is 1.78 bits per heavy atom. The molecule has 0 aliphatic heterocycles. The Labute approximate surface area is 114 Å². The van der Waals surface area contributed by atoms with Crippen LogP contribution in [0.5, 0.6) is 0 Å². The van der Waals surface area contributed by atoms with Gasteiger partial charge in [0.25, 0.3) is 0 Å². The maximum absolute atomic E-state index is 9.17. The van der Waals surface area contributed by atoms with E-state index in [4.69, 9.17) is 10.8 Å². The number of rotatable bonds is 10. The van der Waals surface area contributed by atoms with Gasteiger partial charge in [-0.25, -0.2) is 0 Å². The van der Waals surface area contributed by atoms with E-state index in [0.717, 1.165) is 25.9 Å². The van der Waals surface area contributed by atoms with Crippen LogP contribution in [0.3, 0.4) is 0 Å². The standard InChI is InChI=1S/C15H34N2O/c1-6-14(7-2)17(11-13(3)4)10-8-9-15(5,16)12-18/h13-14,18H,6-12,16H2,1-5H3. The molecule has 3 heteroatoms. The molecule has 0 bridgehead atoms. The second-order valence-electron chi connectivity index (χ2n) is 6.27. The molecule has 0 heterocycles. The molecule has 0 rings (SSSR count). The van der Waals surface area contributed by atoms with Crippen molar-refractivity contribution in [3.63, 3.8) is 0 Å². The monoisotopic (exact) mass is 258 g/mol. The molecule has 0 amide bonds. The van der Waals surface area contributed by atoms with Gasteiger partial charge in [-0.1, -0.05) is 27.7 Å². The average Bonchev–Trinajstić information content (AvgIpc) is 2.29. The maximum Gasteiger partial charge on any atom is 0.0608 e. The largest absolute Gasteiger partial charge is 0.394 e. The van der Waals surface area contributed by atoms with Crippen molar-refractivity contribution in [1.29, 1.82) is 0 Å². The normalized spacial score (nSPS) is 15.7. The fourth-order valence-electron chi connectivity index (χ4n) is 2.46. The second-order valence-corrected chi connectivity index (χ2v) is 6.27. The number of nitrogens with zero attached hydrogens (tertiary/aromatic N) is 1. The lowest BCUT2D eigenvalue weighted by Gasteiger charge is -2.33. The van der Waals surface area contributed by atoms with Crippen molar-refractivity contribution in [2.75, 3.05) is 19.7 Å². The van der Waals surface area contributed by atoms with E-state index in [1.807, 2.05) is 6.92 Å². The zero-order valence-electron chi connectivity index (χ0n) is 13.1. The first-order chi connectivity index (χ1) is 8.36. The summed E-state index contributed by atoms with van der Waals surface area (Å²) in [4.78, 5) is 2.60. The topological polar surface area (TPSA) is 49.5 Å². The third kappa shape index (κ3) is 7.34. The van der Waals surface area contributed by atoms with Crippen molar-refractivity contribution < 1.29 is 5.11 Å². The molecule has 1 atom stereocenters. The van der Waals surface area contributed by atoms with Crippen LogP contribution in [0, 0.1) is 5.92 Å². The van der Waals surface area contributed by atoms with Gasteiger partial charge in [-0.05, 0) is 45.1 Å². The van der Waals surface area contributed by atoms with E-state index in [9.17, 15) is 0 Å². The summed E-state index contributed by atoms with van der Waals surface area (Å²) < 4.78 is 0. The van der Waals surface area contributed by atoms with Gasteiger partial charge in [-0.15, -0.1) is 0 Å². The van der Waals surface area contributed by atoms with Crippen molar-refractivity contribution in [2.24, 2.45) is 11.7 Å². The molecule has 0 aromatic rings. The molecule has 110 valence electrons. The highest BCUT2D eigenvalue weighted by Gasteiger charge is 2.19. The lowest BCUT2D eigenvalue weighted by Crippen LogP contribution is -2.42. The van der Waals surface area contributed by atoms with Crippen LogP contribution in [0.2, 0.25) is 0 Å². The van der Waals surface area contributed by atoms with Crippen molar-refractivity contribution in [2.45, 2.75) is 71.9 Å². The summed E-state index contributed by atoms with van der Waals surface area (Å²) in [5, 5.41) is 9.17. The highest BCUT2D eigenvalue weighted by molar-refractivity contribution is 4.78. The predicted molar refractivity (Wildman–Crippen MR) is 79.7 cm³/mol. The number of hydrogen-bond donors (Lipinski definition) is 2. The van der Waals surface area contributed by atoms with Crippen LogP contribution in [0.4, 0.5) is 0 Å². The molecule has 0 aliphatic rings. The Bertz CT molecular complexity index is 201. The molecular formula is C15H34N2O. The highest BCUT2D eigenvalue weighted by atomic mass is 16.3. The summed E-state index contributed by atoms with van der Waals surface area (Å²) in [5.41, 5.74) is 5.56. The van der Waals surface area contributed by atoms with E-state index in [1.54, 1.807) is 0 Å². The van der Waals surface area contributed by atoms with Crippen LogP contribution < -0.4 is 5.73 Å². The number of aliphatic hydroxyl groups is 1. The molecule has 0 radical (unpaired) electrons. The Balaban J connectivity index is 4.24. The lowest BCUT2D eigenvalue weighted by molar-refractivity contribution is 0.148. The van der Waals surface area contributed by atoms with Crippen LogP contribution in [-0.4, -0.2) is 41.3 Å². The first-order valence-electron chi connectivity index (χ1n) is 7.50. The van der Waals surface area contributed by atoms with E-state index >= 15 is 0 Å². The lowest BCUT2D eigenvalue weighted by atomic mass is 9.97. The molecule has 0 spiro atoms. The van der Waals surface area contributed by atoms with Gasteiger partial charge in [-0.2, -0.15) is 0 Å². The quantitative estimate of drug-likeness (QED) is 0.633. The van der Waals surface area contributed by atoms with Crippen molar-refractivity contribution >= 4 is 0 Å². The number of nitrogens with two attached hydrogens (primary N) is 1. The van der Waals surface area contributed by atoms with E-state index < -0.39 is 5.54 Å². The van der Waals surface area contributed by atoms with Gasteiger partial charge in [0.05, 0.1) is 6.61 Å². The molecular weight excluding hydrogens is 224 g/mol. The van der Waals surface area contributed by atoms with Crippen LogP contribution >= 0.6 is 0 Å². The van der Waals surface area contributed by atoms with E-state index in [0.29, 0.717) is 12.0 Å². The summed E-state index contributed by atoms with van der Waals surface area (Å²) in [6.45, 7) is 13.3. The predicted octanol–water partition coefficient (Wildman–Crippen LogP) is 2.62. The van der Waals surface area contributed by atoms with Gasteiger partial charge in [0.1, 0.15) is 0 Å². The van der Waals surface area contributed by atoms with Crippen LogP contribution in [0.1, 0.15) is 60.3 Å². The van der Waals surface area contributed by atoms with Gasteiger partial charge >= 0.3 is 0 Å². The Morgan fingerprint density at radius 3 is 2.17 bits per heavy atom. The fourth-order valence-corrected chi connectivity index (χ4v) is 2.46. The Hall–Kier alpha value is -0.120. The Kier molecular flexibility index (Phi) is 8.83. The molecule has 0 aliphatic carbocycles. The highest BCUT2D eigenvalue weighted by Crippen LogP contribution is 2.15. The number of hydrogen-bond acceptors (Lipinski definition) is 3. The zero-order valence-corrected chi connectivity index (χ0v) is 13.1. The average molecular weight is 258 g/mol. The minimum Gasteiger partial charge on any atom is -0.394 e. The van der Waals surface area contributed by atoms with Crippen molar-refractivity contribution in [3.8, 4) is 0 Å².